The Bertz CT molecular complexity index is 536. The molecule has 18 heavy (non-hydrogen) atoms. The van der Waals surface area contributed by atoms with Crippen molar-refractivity contribution in [1.29, 1.82) is 0 Å². The highest BCUT2D eigenvalue weighted by Crippen LogP contribution is 2.27. The summed E-state index contributed by atoms with van der Waals surface area (Å²) < 4.78 is 1.82. The van der Waals surface area contributed by atoms with Crippen molar-refractivity contribution in [2.24, 2.45) is 18.0 Å². The number of hydrogen-bond acceptors (Lipinski definition) is 3. The Morgan fingerprint density at radius 1 is 1.28 bits per heavy atom. The quantitative estimate of drug-likeness (QED) is 0.755. The fraction of sp³-hybridized carbons (Fsp3) is 0.429. The van der Waals surface area contributed by atoms with E-state index in [0.29, 0.717) is 5.92 Å². The minimum absolute atomic E-state index is 0.489. The molecule has 2 aliphatic heterocycles. The lowest BCUT2D eigenvalue weighted by molar-refractivity contribution is 0.432. The van der Waals surface area contributed by atoms with Crippen LogP contribution in [0.5, 0.6) is 0 Å². The first-order valence-electron chi connectivity index (χ1n) is 6.40. The Labute approximate surface area is 107 Å². The zero-order valence-electron chi connectivity index (χ0n) is 10.9. The number of nitrogens with zero attached hydrogens (tertiary/aromatic N) is 4. The molecule has 0 saturated heterocycles. The molecule has 0 amide bonds. The van der Waals surface area contributed by atoms with Crippen molar-refractivity contribution in [3.8, 4) is 0 Å². The molecule has 94 valence electrons. The van der Waals surface area contributed by atoms with Gasteiger partial charge in [-0.1, -0.05) is 12.2 Å². The highest BCUT2D eigenvalue weighted by atomic mass is 15.2. The third kappa shape index (κ3) is 2.10. The van der Waals surface area contributed by atoms with Crippen LogP contribution in [0.4, 0.5) is 0 Å². The number of aryl methyl sites for hydroxylation is 1. The number of rotatable bonds is 1. The Morgan fingerprint density at radius 3 is 2.94 bits per heavy atom. The van der Waals surface area contributed by atoms with Crippen LogP contribution in [0.25, 0.3) is 5.70 Å². The molecule has 4 nitrogen and oxygen atoms in total. The van der Waals surface area contributed by atoms with E-state index >= 15 is 0 Å². The van der Waals surface area contributed by atoms with Crippen LogP contribution in [0.1, 0.15) is 18.4 Å². The van der Waals surface area contributed by atoms with Gasteiger partial charge in [-0.15, -0.1) is 0 Å². The summed E-state index contributed by atoms with van der Waals surface area (Å²) in [5, 5.41) is 4.22. The maximum Gasteiger partial charge on any atom is 0.0700 e. The fourth-order valence-electron chi connectivity index (χ4n) is 2.50. The molecule has 4 heteroatoms. The van der Waals surface area contributed by atoms with Gasteiger partial charge in [0.2, 0.25) is 0 Å². The lowest BCUT2D eigenvalue weighted by atomic mass is 10.0. The Kier molecular flexibility index (Phi) is 2.78. The largest absolute Gasteiger partial charge is 0.374 e. The van der Waals surface area contributed by atoms with E-state index in [0.717, 1.165) is 17.8 Å². The molecule has 3 heterocycles. The van der Waals surface area contributed by atoms with Crippen molar-refractivity contribution in [2.45, 2.75) is 12.8 Å². The van der Waals surface area contributed by atoms with E-state index in [4.69, 9.17) is 0 Å². The second kappa shape index (κ2) is 4.44. The molecular weight excluding hydrogens is 224 g/mol. The Hall–Kier alpha value is -1.84. The van der Waals surface area contributed by atoms with E-state index in [1.54, 1.807) is 0 Å². The first kappa shape index (κ1) is 11.3. The van der Waals surface area contributed by atoms with Crippen LogP contribution < -0.4 is 0 Å². The van der Waals surface area contributed by atoms with Crippen molar-refractivity contribution < 1.29 is 0 Å². The second-order valence-corrected chi connectivity index (χ2v) is 5.03. The van der Waals surface area contributed by atoms with Gasteiger partial charge < -0.3 is 4.90 Å². The van der Waals surface area contributed by atoms with E-state index in [2.05, 4.69) is 34.2 Å². The van der Waals surface area contributed by atoms with Gasteiger partial charge in [0.25, 0.3) is 0 Å². The van der Waals surface area contributed by atoms with Gasteiger partial charge in [-0.05, 0) is 18.8 Å². The fourth-order valence-corrected chi connectivity index (χ4v) is 2.50. The summed E-state index contributed by atoms with van der Waals surface area (Å²) in [6.07, 6.45) is 12.9. The summed E-state index contributed by atoms with van der Waals surface area (Å²) in [4.78, 5) is 6.90. The molecule has 1 aromatic rings. The average molecular weight is 242 g/mol. The monoisotopic (exact) mass is 242 g/mol. The molecule has 1 unspecified atom stereocenters. The summed E-state index contributed by atoms with van der Waals surface area (Å²) in [5.74, 6) is 0.489. The summed E-state index contributed by atoms with van der Waals surface area (Å²) in [6, 6.07) is 0. The van der Waals surface area contributed by atoms with Crippen molar-refractivity contribution in [3.63, 3.8) is 0 Å². The Morgan fingerprint density at radius 2 is 2.17 bits per heavy atom. The van der Waals surface area contributed by atoms with E-state index in [9.17, 15) is 0 Å². The molecular formula is C14H18N4. The predicted molar refractivity (Wildman–Crippen MR) is 73.1 cm³/mol. The van der Waals surface area contributed by atoms with Gasteiger partial charge in [-0.2, -0.15) is 5.10 Å². The van der Waals surface area contributed by atoms with Gasteiger partial charge in [0.15, 0.2) is 0 Å². The molecule has 0 fully saturated rings. The molecule has 3 rings (SSSR count). The van der Waals surface area contributed by atoms with E-state index in [1.165, 1.54) is 18.5 Å². The highest BCUT2D eigenvalue weighted by molar-refractivity contribution is 5.85. The summed E-state index contributed by atoms with van der Waals surface area (Å²) in [6.45, 7) is 1.12. The molecule has 0 aromatic carbocycles. The molecule has 2 aliphatic rings. The minimum Gasteiger partial charge on any atom is -0.374 e. The third-order valence-corrected chi connectivity index (χ3v) is 3.57. The first-order chi connectivity index (χ1) is 8.72. The van der Waals surface area contributed by atoms with Crippen molar-refractivity contribution in [2.75, 3.05) is 13.6 Å². The van der Waals surface area contributed by atoms with Crippen LogP contribution in [0, 0.1) is 5.92 Å². The Balaban J connectivity index is 1.95. The van der Waals surface area contributed by atoms with Gasteiger partial charge in [0, 0.05) is 32.4 Å². The van der Waals surface area contributed by atoms with Crippen molar-refractivity contribution in [1.82, 2.24) is 14.7 Å². The van der Waals surface area contributed by atoms with Crippen molar-refractivity contribution in [3.05, 3.63) is 35.8 Å². The van der Waals surface area contributed by atoms with Gasteiger partial charge in [-0.3, -0.25) is 9.67 Å². The summed E-state index contributed by atoms with van der Waals surface area (Å²) in [5.41, 5.74) is 3.36. The lowest BCUT2D eigenvalue weighted by Gasteiger charge is -2.17. The number of fused-ring (bicyclic) bond motifs is 1. The zero-order valence-corrected chi connectivity index (χ0v) is 10.9. The van der Waals surface area contributed by atoms with E-state index < -0.39 is 0 Å². The molecule has 0 aliphatic carbocycles. The number of allylic oxidation sites excluding steroid dienone is 3. The molecule has 0 N–H and O–H groups in total. The molecule has 2 bridgehead atoms. The van der Waals surface area contributed by atoms with Gasteiger partial charge in [-0.25, -0.2) is 0 Å². The number of aliphatic imine (C=N–C) groups is 1. The van der Waals surface area contributed by atoms with Crippen LogP contribution in [-0.2, 0) is 7.05 Å². The molecule has 0 saturated carbocycles. The predicted octanol–water partition coefficient (Wildman–Crippen LogP) is 2.07. The maximum absolute atomic E-state index is 4.61. The number of hydrogen-bond donors (Lipinski definition) is 0. The third-order valence-electron chi connectivity index (χ3n) is 3.57. The number of aromatic nitrogens is 2. The minimum atomic E-state index is 0.489. The molecule has 0 radical (unpaired) electrons. The molecule has 1 atom stereocenters. The van der Waals surface area contributed by atoms with Gasteiger partial charge in [0.05, 0.1) is 23.8 Å². The smallest absolute Gasteiger partial charge is 0.0700 e. The zero-order chi connectivity index (χ0) is 12.5. The maximum atomic E-state index is 4.61. The standard InChI is InChI=1S/C14H18N4/c1-17-5-3-4-11-6-13(17)9-15-14(7-11)12-8-16-18(2)10-12/h6-11H,3-5H2,1-2H3. The summed E-state index contributed by atoms with van der Waals surface area (Å²) >= 11 is 0. The lowest BCUT2D eigenvalue weighted by Crippen LogP contribution is -2.18. The second-order valence-electron chi connectivity index (χ2n) is 5.03. The van der Waals surface area contributed by atoms with Crippen LogP contribution in [-0.4, -0.2) is 34.5 Å². The van der Waals surface area contributed by atoms with E-state index in [1.807, 2.05) is 30.3 Å². The van der Waals surface area contributed by atoms with Crippen LogP contribution in [0.2, 0.25) is 0 Å². The van der Waals surface area contributed by atoms with Crippen LogP contribution in [0.15, 0.2) is 35.2 Å². The average Bonchev–Trinajstić information content (AvgIpc) is 2.59. The molecule has 0 spiro atoms. The van der Waals surface area contributed by atoms with Gasteiger partial charge >= 0.3 is 0 Å². The topological polar surface area (TPSA) is 33.4 Å². The molecule has 1 aromatic heterocycles. The van der Waals surface area contributed by atoms with Gasteiger partial charge in [0.1, 0.15) is 0 Å². The normalized spacial score (nSPS) is 23.2. The first-order valence-corrected chi connectivity index (χ1v) is 6.40. The van der Waals surface area contributed by atoms with Crippen LogP contribution >= 0.6 is 0 Å². The van der Waals surface area contributed by atoms with E-state index in [-0.39, 0.29) is 0 Å². The summed E-state index contributed by atoms with van der Waals surface area (Å²) in [7, 11) is 4.07. The highest BCUT2D eigenvalue weighted by Gasteiger charge is 2.17. The van der Waals surface area contributed by atoms with Crippen LogP contribution in [0.3, 0.4) is 0 Å². The van der Waals surface area contributed by atoms with Crippen molar-refractivity contribution >= 4 is 11.9 Å². The SMILES string of the molecule is CN1CCCC2C=C(c3cnn(C)c3)N=CC1=C2.